The van der Waals surface area contributed by atoms with Gasteiger partial charge in [-0.1, -0.05) is 37.3 Å². The van der Waals surface area contributed by atoms with Crippen LogP contribution in [0.25, 0.3) is 0 Å². The maximum absolute atomic E-state index is 12.4. The molecular weight excluding hydrogens is 227 g/mol. The lowest BCUT2D eigenvalue weighted by Gasteiger charge is -2.10. The summed E-state index contributed by atoms with van der Waals surface area (Å²) >= 11 is 0. The van der Waals surface area contributed by atoms with Gasteiger partial charge < -0.3 is 5.32 Å². The molecule has 0 aliphatic heterocycles. The number of benzene rings is 1. The molecule has 0 aliphatic carbocycles. The van der Waals surface area contributed by atoms with E-state index in [9.17, 15) is 13.2 Å². The first-order chi connectivity index (χ1) is 7.93. The minimum atomic E-state index is -4.27. The van der Waals surface area contributed by atoms with E-state index >= 15 is 0 Å². The van der Waals surface area contributed by atoms with Gasteiger partial charge in [0.2, 0.25) is 0 Å². The molecule has 0 saturated carbocycles. The van der Waals surface area contributed by atoms with Gasteiger partial charge in [0.15, 0.2) is 0 Å². The van der Waals surface area contributed by atoms with E-state index < -0.39 is 11.7 Å². The van der Waals surface area contributed by atoms with Crippen LogP contribution in [0, 0.1) is 0 Å². The van der Waals surface area contributed by atoms with Crippen LogP contribution in [0.2, 0.25) is 0 Å². The first-order valence-electron chi connectivity index (χ1n) is 5.47. The Hall–Kier alpha value is -1.29. The first-order valence-corrected chi connectivity index (χ1v) is 5.47. The summed E-state index contributed by atoms with van der Waals surface area (Å²) in [6, 6.07) is 5.35. The number of alkyl halides is 3. The summed E-state index contributed by atoms with van der Waals surface area (Å²) in [6.07, 6.45) is -3.40. The lowest BCUT2D eigenvalue weighted by Crippen LogP contribution is -2.16. The normalized spacial score (nSPS) is 11.5. The van der Waals surface area contributed by atoms with Crippen LogP contribution in [0.5, 0.6) is 0 Å². The Morgan fingerprint density at radius 3 is 2.65 bits per heavy atom. The van der Waals surface area contributed by atoms with E-state index in [0.29, 0.717) is 18.7 Å². The fourth-order valence-corrected chi connectivity index (χ4v) is 1.37. The molecule has 1 rings (SSSR count). The Balaban J connectivity index is 2.58. The summed E-state index contributed by atoms with van der Waals surface area (Å²) in [5, 5.41) is 3.06. The first kappa shape index (κ1) is 13.8. The van der Waals surface area contributed by atoms with Crippen LogP contribution in [0.4, 0.5) is 13.2 Å². The summed E-state index contributed by atoms with van der Waals surface area (Å²) in [7, 11) is 0. The fraction of sp³-hybridized carbons (Fsp3) is 0.385. The molecule has 1 N–H and O–H groups in total. The SMILES string of the molecule is C=C(CC)CNCc1cccc(C(F)(F)F)c1. The molecule has 0 atom stereocenters. The van der Waals surface area contributed by atoms with E-state index in [1.54, 1.807) is 6.07 Å². The molecule has 0 spiro atoms. The molecule has 1 aromatic rings. The van der Waals surface area contributed by atoms with Crippen LogP contribution in [0.3, 0.4) is 0 Å². The van der Waals surface area contributed by atoms with E-state index in [0.717, 1.165) is 18.1 Å². The second-order valence-corrected chi connectivity index (χ2v) is 3.91. The minimum Gasteiger partial charge on any atom is -0.309 e. The van der Waals surface area contributed by atoms with Crippen molar-refractivity contribution in [2.75, 3.05) is 6.54 Å². The average molecular weight is 243 g/mol. The van der Waals surface area contributed by atoms with Gasteiger partial charge in [0.1, 0.15) is 0 Å². The fourth-order valence-electron chi connectivity index (χ4n) is 1.37. The molecule has 0 unspecified atom stereocenters. The van der Waals surface area contributed by atoms with Crippen molar-refractivity contribution in [1.82, 2.24) is 5.32 Å². The molecule has 17 heavy (non-hydrogen) atoms. The molecule has 0 saturated heterocycles. The van der Waals surface area contributed by atoms with E-state index in [1.807, 2.05) is 6.92 Å². The standard InChI is InChI=1S/C13H16F3N/c1-3-10(2)8-17-9-11-5-4-6-12(7-11)13(14,15)16/h4-7,17H,2-3,8-9H2,1H3. The number of rotatable bonds is 5. The highest BCUT2D eigenvalue weighted by atomic mass is 19.4. The zero-order valence-electron chi connectivity index (χ0n) is 9.77. The van der Waals surface area contributed by atoms with Crippen molar-refractivity contribution in [1.29, 1.82) is 0 Å². The minimum absolute atomic E-state index is 0.420. The number of hydrogen-bond acceptors (Lipinski definition) is 1. The Labute approximate surface area is 99.3 Å². The van der Waals surface area contributed by atoms with Crippen molar-refractivity contribution in [3.63, 3.8) is 0 Å². The van der Waals surface area contributed by atoms with Gasteiger partial charge in [-0.25, -0.2) is 0 Å². The summed E-state index contributed by atoms with van der Waals surface area (Å²) < 4.78 is 37.3. The molecule has 0 bridgehead atoms. The maximum atomic E-state index is 12.4. The molecule has 0 heterocycles. The molecule has 0 aliphatic rings. The quantitative estimate of drug-likeness (QED) is 0.776. The Bertz CT molecular complexity index is 382. The number of nitrogens with one attached hydrogen (secondary N) is 1. The summed E-state index contributed by atoms with van der Waals surface area (Å²) in [5.41, 5.74) is 1.06. The van der Waals surface area contributed by atoms with Crippen molar-refractivity contribution in [2.45, 2.75) is 26.1 Å². The third kappa shape index (κ3) is 4.61. The van der Waals surface area contributed by atoms with Crippen LogP contribution < -0.4 is 5.32 Å². The Kier molecular flexibility index (Phi) is 4.75. The summed E-state index contributed by atoms with van der Waals surface area (Å²) in [6.45, 7) is 6.86. The van der Waals surface area contributed by atoms with E-state index in [2.05, 4.69) is 11.9 Å². The summed E-state index contributed by atoms with van der Waals surface area (Å²) in [4.78, 5) is 0. The van der Waals surface area contributed by atoms with Gasteiger partial charge in [0.05, 0.1) is 5.56 Å². The molecule has 1 nitrogen and oxygen atoms in total. The second kappa shape index (κ2) is 5.87. The maximum Gasteiger partial charge on any atom is 0.416 e. The van der Waals surface area contributed by atoms with Gasteiger partial charge in [-0.05, 0) is 18.1 Å². The molecule has 0 fully saturated rings. The highest BCUT2D eigenvalue weighted by molar-refractivity contribution is 5.25. The third-order valence-electron chi connectivity index (χ3n) is 2.46. The van der Waals surface area contributed by atoms with Gasteiger partial charge in [-0.3, -0.25) is 0 Å². The number of halogens is 3. The van der Waals surface area contributed by atoms with Gasteiger partial charge in [-0.15, -0.1) is 0 Å². The van der Waals surface area contributed by atoms with E-state index in [1.165, 1.54) is 12.1 Å². The third-order valence-corrected chi connectivity index (χ3v) is 2.46. The zero-order chi connectivity index (χ0) is 12.9. The monoisotopic (exact) mass is 243 g/mol. The highest BCUT2D eigenvalue weighted by Crippen LogP contribution is 2.29. The lowest BCUT2D eigenvalue weighted by molar-refractivity contribution is -0.137. The molecular formula is C13H16F3N. The largest absolute Gasteiger partial charge is 0.416 e. The van der Waals surface area contributed by atoms with Crippen molar-refractivity contribution >= 4 is 0 Å². The van der Waals surface area contributed by atoms with Crippen molar-refractivity contribution < 1.29 is 13.2 Å². The lowest BCUT2D eigenvalue weighted by atomic mass is 10.1. The highest BCUT2D eigenvalue weighted by Gasteiger charge is 2.30. The smallest absolute Gasteiger partial charge is 0.309 e. The predicted octanol–water partition coefficient (Wildman–Crippen LogP) is 3.76. The van der Waals surface area contributed by atoms with Gasteiger partial charge in [-0.2, -0.15) is 13.2 Å². The van der Waals surface area contributed by atoms with E-state index in [-0.39, 0.29) is 0 Å². The zero-order valence-corrected chi connectivity index (χ0v) is 9.77. The topological polar surface area (TPSA) is 12.0 Å². The van der Waals surface area contributed by atoms with Crippen molar-refractivity contribution in [3.05, 3.63) is 47.5 Å². The van der Waals surface area contributed by atoms with Crippen LogP contribution in [0.1, 0.15) is 24.5 Å². The second-order valence-electron chi connectivity index (χ2n) is 3.91. The summed E-state index contributed by atoms with van der Waals surface area (Å²) in [5.74, 6) is 0. The number of hydrogen-bond donors (Lipinski definition) is 1. The van der Waals surface area contributed by atoms with Gasteiger partial charge in [0, 0.05) is 13.1 Å². The molecule has 0 amide bonds. The molecule has 0 radical (unpaired) electrons. The van der Waals surface area contributed by atoms with Gasteiger partial charge in [0.25, 0.3) is 0 Å². The molecule has 94 valence electrons. The van der Waals surface area contributed by atoms with Crippen LogP contribution in [-0.4, -0.2) is 6.54 Å². The van der Waals surface area contributed by atoms with Gasteiger partial charge >= 0.3 is 6.18 Å². The van der Waals surface area contributed by atoms with E-state index in [4.69, 9.17) is 0 Å². The predicted molar refractivity (Wildman–Crippen MR) is 62.6 cm³/mol. The molecule has 4 heteroatoms. The Morgan fingerprint density at radius 2 is 2.06 bits per heavy atom. The molecule has 0 aromatic heterocycles. The van der Waals surface area contributed by atoms with Crippen molar-refractivity contribution in [3.8, 4) is 0 Å². The van der Waals surface area contributed by atoms with Crippen LogP contribution >= 0.6 is 0 Å². The van der Waals surface area contributed by atoms with Crippen molar-refractivity contribution in [2.24, 2.45) is 0 Å². The van der Waals surface area contributed by atoms with Crippen LogP contribution in [-0.2, 0) is 12.7 Å². The Morgan fingerprint density at radius 1 is 1.35 bits per heavy atom. The molecule has 1 aromatic carbocycles. The average Bonchev–Trinajstić information content (AvgIpc) is 2.28. The van der Waals surface area contributed by atoms with Crippen LogP contribution in [0.15, 0.2) is 36.4 Å².